The lowest BCUT2D eigenvalue weighted by atomic mass is 10.2. The van der Waals surface area contributed by atoms with Gasteiger partial charge in [-0.05, 0) is 12.1 Å². The van der Waals surface area contributed by atoms with Crippen LogP contribution < -0.4 is 4.90 Å². The lowest BCUT2D eigenvalue weighted by Gasteiger charge is -2.35. The smallest absolute Gasteiger partial charge is 0.306 e. The first-order chi connectivity index (χ1) is 11.5. The molecule has 3 rings (SSSR count). The van der Waals surface area contributed by atoms with Gasteiger partial charge in [0.15, 0.2) is 0 Å². The van der Waals surface area contributed by atoms with E-state index in [1.807, 2.05) is 24.3 Å². The Morgan fingerprint density at radius 3 is 2.92 bits per heavy atom. The summed E-state index contributed by atoms with van der Waals surface area (Å²) in [6.07, 6.45) is -0.633. The zero-order chi connectivity index (χ0) is 17.1. The number of morpholine rings is 1. The lowest BCUT2D eigenvalue weighted by Crippen LogP contribution is -2.51. The van der Waals surface area contributed by atoms with Gasteiger partial charge in [0.1, 0.15) is 6.54 Å². The minimum atomic E-state index is -0.952. The first-order valence-electron chi connectivity index (χ1n) is 7.68. The van der Waals surface area contributed by atoms with Gasteiger partial charge < -0.3 is 19.6 Å². The van der Waals surface area contributed by atoms with Crippen molar-refractivity contribution < 1.29 is 24.2 Å². The lowest BCUT2D eigenvalue weighted by molar-refractivity contribution is -0.147. The second kappa shape index (κ2) is 7.23. The number of amides is 2. The second-order valence-corrected chi connectivity index (χ2v) is 6.68. The van der Waals surface area contributed by atoms with Crippen LogP contribution in [0.1, 0.15) is 6.42 Å². The molecule has 1 aromatic rings. The molecule has 1 N–H and O–H groups in total. The number of carbonyl (C=O) groups is 3. The Balaban J connectivity index is 1.68. The van der Waals surface area contributed by atoms with E-state index in [9.17, 15) is 14.4 Å². The van der Waals surface area contributed by atoms with E-state index in [0.29, 0.717) is 18.9 Å². The van der Waals surface area contributed by atoms with E-state index in [2.05, 4.69) is 0 Å². The second-order valence-electron chi connectivity index (χ2n) is 5.67. The van der Waals surface area contributed by atoms with Crippen molar-refractivity contribution in [2.75, 3.05) is 36.9 Å². The molecule has 8 heteroatoms. The first kappa shape index (κ1) is 16.8. The van der Waals surface area contributed by atoms with Gasteiger partial charge in [-0.3, -0.25) is 14.4 Å². The summed E-state index contributed by atoms with van der Waals surface area (Å²) >= 11 is 1.47. The molecular formula is C16H18N2O5S. The molecule has 0 unspecified atom stereocenters. The predicted molar refractivity (Wildman–Crippen MR) is 88.1 cm³/mol. The number of carboxylic acids is 1. The minimum absolute atomic E-state index is 0.0315. The van der Waals surface area contributed by atoms with Crippen LogP contribution in [0, 0.1) is 0 Å². The fourth-order valence-electron chi connectivity index (χ4n) is 2.83. The third kappa shape index (κ3) is 3.70. The summed E-state index contributed by atoms with van der Waals surface area (Å²) in [7, 11) is 0. The summed E-state index contributed by atoms with van der Waals surface area (Å²) in [5.41, 5.74) is 0.752. The predicted octanol–water partition coefficient (Wildman–Crippen LogP) is 0.827. The Morgan fingerprint density at radius 1 is 1.33 bits per heavy atom. The normalized spacial score (nSPS) is 20.7. The van der Waals surface area contributed by atoms with Gasteiger partial charge in [-0.15, -0.1) is 11.8 Å². The number of carboxylic acid groups (broad SMARTS) is 1. The summed E-state index contributed by atoms with van der Waals surface area (Å²) in [5.74, 6) is -0.924. The molecule has 1 saturated heterocycles. The number of nitrogens with zero attached hydrogens (tertiary/aromatic N) is 2. The van der Waals surface area contributed by atoms with Crippen LogP contribution in [-0.2, 0) is 19.1 Å². The molecule has 0 aliphatic carbocycles. The molecule has 0 bridgehead atoms. The zero-order valence-electron chi connectivity index (χ0n) is 13.0. The van der Waals surface area contributed by atoms with Crippen LogP contribution in [0.2, 0.25) is 0 Å². The van der Waals surface area contributed by atoms with Crippen molar-refractivity contribution in [1.82, 2.24) is 4.90 Å². The number of hydrogen-bond donors (Lipinski definition) is 1. The topological polar surface area (TPSA) is 87.2 Å². The number of fused-ring (bicyclic) bond motifs is 1. The largest absolute Gasteiger partial charge is 0.481 e. The number of ether oxygens (including phenoxy) is 1. The molecule has 128 valence electrons. The Kier molecular flexibility index (Phi) is 5.06. The van der Waals surface area contributed by atoms with E-state index in [0.717, 1.165) is 10.6 Å². The van der Waals surface area contributed by atoms with Crippen LogP contribution >= 0.6 is 11.8 Å². The summed E-state index contributed by atoms with van der Waals surface area (Å²) in [6, 6.07) is 7.51. The molecule has 0 saturated carbocycles. The number of carbonyl (C=O) groups excluding carboxylic acids is 2. The molecule has 24 heavy (non-hydrogen) atoms. The SMILES string of the molecule is O=C(O)C[C@@H]1CN(C(=O)CN2C(=O)CSc3ccccc32)CCO1. The molecule has 2 aliphatic heterocycles. The van der Waals surface area contributed by atoms with Gasteiger partial charge in [0.25, 0.3) is 0 Å². The van der Waals surface area contributed by atoms with Gasteiger partial charge in [0.2, 0.25) is 11.8 Å². The summed E-state index contributed by atoms with van der Waals surface area (Å²) in [5, 5.41) is 8.86. The van der Waals surface area contributed by atoms with Crippen LogP contribution in [0.5, 0.6) is 0 Å². The average molecular weight is 350 g/mol. The average Bonchev–Trinajstić information content (AvgIpc) is 2.57. The fourth-order valence-corrected chi connectivity index (χ4v) is 3.76. The molecule has 2 heterocycles. The van der Waals surface area contributed by atoms with Crippen molar-refractivity contribution >= 4 is 35.2 Å². The molecule has 1 atom stereocenters. The number of anilines is 1. The van der Waals surface area contributed by atoms with Crippen LogP contribution in [0.15, 0.2) is 29.2 Å². The van der Waals surface area contributed by atoms with E-state index >= 15 is 0 Å². The Labute approximate surface area is 143 Å². The van der Waals surface area contributed by atoms with E-state index < -0.39 is 12.1 Å². The number of aliphatic carboxylic acids is 1. The van der Waals surface area contributed by atoms with Crippen molar-refractivity contribution in [2.45, 2.75) is 17.4 Å². The van der Waals surface area contributed by atoms with Gasteiger partial charge >= 0.3 is 5.97 Å². The highest BCUT2D eigenvalue weighted by Gasteiger charge is 2.30. The van der Waals surface area contributed by atoms with Crippen LogP contribution in [0.25, 0.3) is 0 Å². The van der Waals surface area contributed by atoms with Crippen molar-refractivity contribution in [2.24, 2.45) is 0 Å². The minimum Gasteiger partial charge on any atom is -0.481 e. The Hall–Kier alpha value is -2.06. The highest BCUT2D eigenvalue weighted by molar-refractivity contribution is 8.00. The van der Waals surface area contributed by atoms with Gasteiger partial charge in [0, 0.05) is 18.0 Å². The van der Waals surface area contributed by atoms with Crippen LogP contribution in [0.4, 0.5) is 5.69 Å². The maximum Gasteiger partial charge on any atom is 0.306 e. The number of hydrogen-bond acceptors (Lipinski definition) is 5. The standard InChI is InChI=1S/C16H18N2O5S/c19-14(17-5-6-23-11(8-17)7-16(21)22)9-18-12-3-1-2-4-13(12)24-10-15(18)20/h1-4,11H,5-10H2,(H,21,22)/t11-/m1/s1. The third-order valence-corrected chi connectivity index (χ3v) is 5.04. The Bertz CT molecular complexity index is 666. The van der Waals surface area contributed by atoms with Crippen LogP contribution in [0.3, 0.4) is 0 Å². The van der Waals surface area contributed by atoms with Crippen molar-refractivity contribution in [3.8, 4) is 0 Å². The van der Waals surface area contributed by atoms with Gasteiger partial charge in [-0.2, -0.15) is 0 Å². The molecular weight excluding hydrogens is 332 g/mol. The van der Waals surface area contributed by atoms with Gasteiger partial charge in [-0.1, -0.05) is 12.1 Å². The molecule has 0 spiro atoms. The summed E-state index contributed by atoms with van der Waals surface area (Å²) in [4.78, 5) is 39.7. The maximum absolute atomic E-state index is 12.6. The fraction of sp³-hybridized carbons (Fsp3) is 0.438. The maximum atomic E-state index is 12.6. The highest BCUT2D eigenvalue weighted by atomic mass is 32.2. The molecule has 1 aromatic carbocycles. The van der Waals surface area contributed by atoms with E-state index in [1.54, 1.807) is 4.90 Å². The van der Waals surface area contributed by atoms with Gasteiger partial charge in [0.05, 0.1) is 30.6 Å². The monoisotopic (exact) mass is 350 g/mol. The summed E-state index contributed by atoms with van der Waals surface area (Å²) in [6.45, 7) is 0.928. The highest BCUT2D eigenvalue weighted by Crippen LogP contribution is 2.34. The van der Waals surface area contributed by atoms with Crippen LogP contribution in [-0.4, -0.2) is 65.9 Å². The number of thioether (sulfide) groups is 1. The number of para-hydroxylation sites is 1. The van der Waals surface area contributed by atoms with Crippen molar-refractivity contribution in [3.63, 3.8) is 0 Å². The molecule has 7 nitrogen and oxygen atoms in total. The zero-order valence-corrected chi connectivity index (χ0v) is 13.8. The van der Waals surface area contributed by atoms with Crippen molar-refractivity contribution in [3.05, 3.63) is 24.3 Å². The van der Waals surface area contributed by atoms with Crippen molar-refractivity contribution in [1.29, 1.82) is 0 Å². The number of rotatable bonds is 4. The first-order valence-corrected chi connectivity index (χ1v) is 8.66. The molecule has 0 aromatic heterocycles. The molecule has 0 radical (unpaired) electrons. The Morgan fingerprint density at radius 2 is 2.12 bits per heavy atom. The molecule has 2 amide bonds. The number of benzene rings is 1. The van der Waals surface area contributed by atoms with Gasteiger partial charge in [-0.25, -0.2) is 0 Å². The van der Waals surface area contributed by atoms with E-state index in [1.165, 1.54) is 16.7 Å². The third-order valence-electron chi connectivity index (χ3n) is 4.00. The quantitative estimate of drug-likeness (QED) is 0.865. The molecule has 2 aliphatic rings. The molecule has 1 fully saturated rings. The summed E-state index contributed by atoms with van der Waals surface area (Å²) < 4.78 is 5.38. The van der Waals surface area contributed by atoms with E-state index in [-0.39, 0.29) is 31.3 Å². The van der Waals surface area contributed by atoms with E-state index in [4.69, 9.17) is 9.84 Å².